The van der Waals surface area contributed by atoms with Gasteiger partial charge in [-0.2, -0.15) is 0 Å². The third-order valence-electron chi connectivity index (χ3n) is 4.12. The minimum atomic E-state index is -0.538. The summed E-state index contributed by atoms with van der Waals surface area (Å²) in [6.07, 6.45) is 0. The molecule has 0 spiro atoms. The quantitative estimate of drug-likeness (QED) is 0.374. The smallest absolute Gasteiger partial charge is 0.308 e. The highest BCUT2D eigenvalue weighted by molar-refractivity contribution is 7.13. The second-order valence-corrected chi connectivity index (χ2v) is 7.46. The number of rotatable bonds is 4. The summed E-state index contributed by atoms with van der Waals surface area (Å²) in [7, 11) is 0. The van der Waals surface area contributed by atoms with E-state index in [9.17, 15) is 9.18 Å². The van der Waals surface area contributed by atoms with Crippen LogP contribution in [0.5, 0.6) is 0 Å². The molecule has 2 amide bonds. The fourth-order valence-electron chi connectivity index (χ4n) is 2.74. The summed E-state index contributed by atoms with van der Waals surface area (Å²) in [5.41, 5.74) is 3.81. The topological polar surface area (TPSA) is 54.0 Å². The number of amides is 2. The molecule has 0 aliphatic carbocycles. The van der Waals surface area contributed by atoms with Crippen molar-refractivity contribution >= 4 is 40.3 Å². The van der Waals surface area contributed by atoms with Crippen molar-refractivity contribution in [1.82, 2.24) is 4.98 Å². The lowest BCUT2D eigenvalue weighted by Crippen LogP contribution is -2.19. The van der Waals surface area contributed by atoms with Crippen LogP contribution >= 0.6 is 22.9 Å². The molecule has 0 saturated carbocycles. The van der Waals surface area contributed by atoms with Crippen molar-refractivity contribution in [3.05, 3.63) is 89.0 Å². The predicted octanol–water partition coefficient (Wildman–Crippen LogP) is 6.91. The maximum Gasteiger partial charge on any atom is 0.323 e. The fourth-order valence-corrected chi connectivity index (χ4v) is 3.76. The van der Waals surface area contributed by atoms with Crippen molar-refractivity contribution in [2.45, 2.75) is 0 Å². The van der Waals surface area contributed by atoms with Gasteiger partial charge in [0.15, 0.2) is 0 Å². The molecular weight excluding hydrogens is 409 g/mol. The van der Waals surface area contributed by atoms with Gasteiger partial charge in [0.2, 0.25) is 0 Å². The number of halogens is 2. The van der Waals surface area contributed by atoms with Crippen LogP contribution in [0.25, 0.3) is 21.8 Å². The Morgan fingerprint density at radius 2 is 1.62 bits per heavy atom. The highest BCUT2D eigenvalue weighted by Gasteiger charge is 2.09. The maximum absolute atomic E-state index is 13.2. The number of aromatic nitrogens is 1. The van der Waals surface area contributed by atoms with Crippen LogP contribution in [-0.2, 0) is 0 Å². The standard InChI is InChI=1S/C22H15ClFN3OS/c23-18-12-17(9-10-19(18)24)26-22(28)25-16-8-4-7-15(11-16)20-13-29-21(27-20)14-5-2-1-3-6-14/h1-13H,(H2,25,26,28). The van der Waals surface area contributed by atoms with Crippen molar-refractivity contribution in [3.8, 4) is 21.8 Å². The average Bonchev–Trinajstić information content (AvgIpc) is 3.22. The summed E-state index contributed by atoms with van der Waals surface area (Å²) in [6, 6.07) is 20.9. The highest BCUT2D eigenvalue weighted by atomic mass is 35.5. The number of nitrogens with one attached hydrogen (secondary N) is 2. The first-order valence-corrected chi connectivity index (χ1v) is 9.99. The fraction of sp³-hybridized carbons (Fsp3) is 0. The van der Waals surface area contributed by atoms with Gasteiger partial charge < -0.3 is 10.6 Å². The lowest BCUT2D eigenvalue weighted by molar-refractivity contribution is 0.262. The molecule has 0 bridgehead atoms. The Bertz CT molecular complexity index is 1160. The average molecular weight is 424 g/mol. The molecule has 0 saturated heterocycles. The van der Waals surface area contributed by atoms with Crippen molar-refractivity contribution < 1.29 is 9.18 Å². The van der Waals surface area contributed by atoms with E-state index in [1.807, 2.05) is 53.9 Å². The Labute approximate surface area is 176 Å². The number of carbonyl (C=O) groups is 1. The van der Waals surface area contributed by atoms with Crippen LogP contribution in [0.1, 0.15) is 0 Å². The number of nitrogens with zero attached hydrogens (tertiary/aromatic N) is 1. The summed E-state index contributed by atoms with van der Waals surface area (Å²) in [5, 5.41) is 8.26. The zero-order chi connectivity index (χ0) is 20.2. The molecule has 0 unspecified atom stereocenters. The number of anilines is 2. The molecule has 0 atom stereocenters. The van der Waals surface area contributed by atoms with Crippen molar-refractivity contribution in [3.63, 3.8) is 0 Å². The minimum Gasteiger partial charge on any atom is -0.308 e. The molecule has 2 N–H and O–H groups in total. The monoisotopic (exact) mass is 423 g/mol. The molecule has 0 aliphatic heterocycles. The second kappa shape index (κ2) is 8.43. The van der Waals surface area contributed by atoms with Gasteiger partial charge in [-0.15, -0.1) is 11.3 Å². The Kier molecular flexibility index (Phi) is 5.55. The van der Waals surface area contributed by atoms with Gasteiger partial charge in [0.1, 0.15) is 10.8 Å². The van der Waals surface area contributed by atoms with E-state index in [4.69, 9.17) is 16.6 Å². The summed E-state index contributed by atoms with van der Waals surface area (Å²) in [5.74, 6) is -0.538. The lowest BCUT2D eigenvalue weighted by atomic mass is 10.1. The second-order valence-electron chi connectivity index (χ2n) is 6.19. The maximum atomic E-state index is 13.2. The van der Waals surface area contributed by atoms with E-state index in [-0.39, 0.29) is 5.02 Å². The van der Waals surface area contributed by atoms with Gasteiger partial charge in [-0.1, -0.05) is 54.1 Å². The number of thiazole rings is 1. The van der Waals surface area contributed by atoms with Crippen LogP contribution in [0, 0.1) is 5.82 Å². The Hall–Kier alpha value is -3.22. The molecule has 1 heterocycles. The Morgan fingerprint density at radius 1 is 0.897 bits per heavy atom. The van der Waals surface area contributed by atoms with E-state index >= 15 is 0 Å². The summed E-state index contributed by atoms with van der Waals surface area (Å²) in [4.78, 5) is 16.9. The molecule has 144 valence electrons. The van der Waals surface area contributed by atoms with E-state index < -0.39 is 11.8 Å². The van der Waals surface area contributed by atoms with Crippen molar-refractivity contribution in [2.24, 2.45) is 0 Å². The molecule has 0 radical (unpaired) electrons. The van der Waals surface area contributed by atoms with Crippen LogP contribution in [0.15, 0.2) is 78.2 Å². The van der Waals surface area contributed by atoms with Crippen LogP contribution < -0.4 is 10.6 Å². The van der Waals surface area contributed by atoms with Gasteiger partial charge in [-0.25, -0.2) is 14.2 Å². The van der Waals surface area contributed by atoms with E-state index in [0.29, 0.717) is 11.4 Å². The van der Waals surface area contributed by atoms with E-state index in [1.165, 1.54) is 18.2 Å². The molecular formula is C22H15ClFN3OS. The van der Waals surface area contributed by atoms with Gasteiger partial charge in [-0.05, 0) is 30.3 Å². The first kappa shape index (κ1) is 19.1. The van der Waals surface area contributed by atoms with Gasteiger partial charge in [0.05, 0.1) is 10.7 Å². The SMILES string of the molecule is O=C(Nc1cccc(-c2csc(-c3ccccc3)n2)c1)Nc1ccc(F)c(Cl)c1. The number of hydrogen-bond acceptors (Lipinski definition) is 3. The zero-order valence-corrected chi connectivity index (χ0v) is 16.6. The van der Waals surface area contributed by atoms with Crippen LogP contribution in [0.2, 0.25) is 5.02 Å². The minimum absolute atomic E-state index is 0.0532. The normalized spacial score (nSPS) is 10.6. The number of benzene rings is 3. The van der Waals surface area contributed by atoms with Crippen molar-refractivity contribution in [2.75, 3.05) is 10.6 Å². The predicted molar refractivity (Wildman–Crippen MR) is 117 cm³/mol. The van der Waals surface area contributed by atoms with Gasteiger partial charge in [0, 0.05) is 27.9 Å². The number of urea groups is 1. The van der Waals surface area contributed by atoms with Crippen LogP contribution in [0.4, 0.5) is 20.6 Å². The van der Waals surface area contributed by atoms with E-state index in [0.717, 1.165) is 21.8 Å². The van der Waals surface area contributed by atoms with Gasteiger partial charge in [-0.3, -0.25) is 0 Å². The molecule has 3 aromatic carbocycles. The highest BCUT2D eigenvalue weighted by Crippen LogP contribution is 2.30. The largest absolute Gasteiger partial charge is 0.323 e. The number of carbonyl (C=O) groups excluding carboxylic acids is 1. The van der Waals surface area contributed by atoms with E-state index in [1.54, 1.807) is 17.4 Å². The molecule has 0 fully saturated rings. The first-order chi connectivity index (χ1) is 14.1. The third kappa shape index (κ3) is 4.62. The van der Waals surface area contributed by atoms with Gasteiger partial charge >= 0.3 is 6.03 Å². The summed E-state index contributed by atoms with van der Waals surface area (Å²) < 4.78 is 13.2. The molecule has 29 heavy (non-hydrogen) atoms. The zero-order valence-electron chi connectivity index (χ0n) is 15.0. The molecule has 1 aromatic heterocycles. The first-order valence-electron chi connectivity index (χ1n) is 8.73. The number of hydrogen-bond donors (Lipinski definition) is 2. The third-order valence-corrected chi connectivity index (χ3v) is 5.30. The molecule has 4 rings (SSSR count). The van der Waals surface area contributed by atoms with Crippen LogP contribution in [0.3, 0.4) is 0 Å². The van der Waals surface area contributed by atoms with Crippen molar-refractivity contribution in [1.29, 1.82) is 0 Å². The Balaban J connectivity index is 1.48. The lowest BCUT2D eigenvalue weighted by Gasteiger charge is -2.09. The molecule has 0 aliphatic rings. The summed E-state index contributed by atoms with van der Waals surface area (Å²) >= 11 is 7.31. The van der Waals surface area contributed by atoms with Crippen LogP contribution in [-0.4, -0.2) is 11.0 Å². The molecule has 4 nitrogen and oxygen atoms in total. The summed E-state index contributed by atoms with van der Waals surface area (Å²) in [6.45, 7) is 0. The Morgan fingerprint density at radius 3 is 2.38 bits per heavy atom. The molecule has 7 heteroatoms. The van der Waals surface area contributed by atoms with Gasteiger partial charge in [0.25, 0.3) is 0 Å². The van der Waals surface area contributed by atoms with E-state index in [2.05, 4.69) is 10.6 Å². The molecule has 4 aromatic rings.